The summed E-state index contributed by atoms with van der Waals surface area (Å²) in [5.74, 6) is -0.310. The van der Waals surface area contributed by atoms with Crippen LogP contribution in [-0.4, -0.2) is 0 Å². The molecule has 0 bridgehead atoms. The lowest BCUT2D eigenvalue weighted by molar-refractivity contribution is 0.628. The lowest BCUT2D eigenvalue weighted by atomic mass is 10.2. The van der Waals surface area contributed by atoms with Gasteiger partial charge < -0.3 is 11.1 Å². The second kappa shape index (κ2) is 4.53. The topological polar surface area (TPSA) is 38.0 Å². The number of benzene rings is 1. The molecule has 1 heterocycles. The normalized spacial score (nSPS) is 10.4. The molecule has 0 atom stereocenters. The van der Waals surface area contributed by atoms with Gasteiger partial charge >= 0.3 is 0 Å². The molecule has 4 heteroatoms. The molecule has 0 fully saturated rings. The number of halogens is 1. The zero-order valence-electron chi connectivity index (χ0n) is 8.96. The van der Waals surface area contributed by atoms with Gasteiger partial charge in [0.1, 0.15) is 5.82 Å². The molecule has 84 valence electrons. The Morgan fingerprint density at radius 2 is 2.19 bits per heavy atom. The van der Waals surface area contributed by atoms with Gasteiger partial charge in [-0.2, -0.15) is 0 Å². The van der Waals surface area contributed by atoms with E-state index in [0.717, 1.165) is 12.2 Å². The Kier molecular flexibility index (Phi) is 3.10. The second-order valence-electron chi connectivity index (χ2n) is 3.61. The molecule has 0 saturated carbocycles. The first-order valence-electron chi connectivity index (χ1n) is 4.98. The first-order chi connectivity index (χ1) is 7.66. The van der Waals surface area contributed by atoms with Crippen molar-refractivity contribution in [3.05, 3.63) is 45.9 Å². The van der Waals surface area contributed by atoms with Crippen LogP contribution < -0.4 is 11.1 Å². The summed E-state index contributed by atoms with van der Waals surface area (Å²) in [6, 6.07) is 6.47. The summed E-state index contributed by atoms with van der Waals surface area (Å²) in [5.41, 5.74) is 8.17. The van der Waals surface area contributed by atoms with Crippen molar-refractivity contribution in [1.29, 1.82) is 0 Å². The number of thiophene rings is 1. The fourth-order valence-electron chi connectivity index (χ4n) is 1.46. The second-order valence-corrected chi connectivity index (χ2v) is 4.61. The van der Waals surface area contributed by atoms with Gasteiger partial charge in [-0.3, -0.25) is 0 Å². The van der Waals surface area contributed by atoms with Crippen molar-refractivity contribution in [2.45, 2.75) is 13.5 Å². The smallest absolute Gasteiger partial charge is 0.125 e. The Balaban J connectivity index is 2.08. The molecule has 0 amide bonds. The molecule has 2 nitrogen and oxygen atoms in total. The number of rotatable bonds is 3. The number of anilines is 2. The first-order valence-corrected chi connectivity index (χ1v) is 5.86. The van der Waals surface area contributed by atoms with Gasteiger partial charge in [0.05, 0.1) is 11.4 Å². The molecule has 1 aromatic carbocycles. The van der Waals surface area contributed by atoms with E-state index >= 15 is 0 Å². The van der Waals surface area contributed by atoms with Crippen molar-refractivity contribution >= 4 is 22.7 Å². The highest BCUT2D eigenvalue weighted by molar-refractivity contribution is 7.10. The Morgan fingerprint density at radius 3 is 2.81 bits per heavy atom. The van der Waals surface area contributed by atoms with E-state index in [1.807, 2.05) is 0 Å². The van der Waals surface area contributed by atoms with Crippen molar-refractivity contribution < 1.29 is 4.39 Å². The first kappa shape index (κ1) is 11.0. The van der Waals surface area contributed by atoms with Crippen LogP contribution in [0, 0.1) is 12.7 Å². The summed E-state index contributed by atoms with van der Waals surface area (Å²) in [6.45, 7) is 2.79. The number of nitrogens with one attached hydrogen (secondary N) is 1. The van der Waals surface area contributed by atoms with Crippen molar-refractivity contribution in [2.24, 2.45) is 0 Å². The van der Waals surface area contributed by atoms with Crippen LogP contribution in [0.3, 0.4) is 0 Å². The summed E-state index contributed by atoms with van der Waals surface area (Å²) >= 11 is 1.70. The Hall–Kier alpha value is -1.55. The number of hydrogen-bond donors (Lipinski definition) is 2. The summed E-state index contributed by atoms with van der Waals surface area (Å²) in [5, 5.41) is 5.26. The zero-order chi connectivity index (χ0) is 11.5. The van der Waals surface area contributed by atoms with Crippen molar-refractivity contribution in [3.63, 3.8) is 0 Å². The molecule has 2 aromatic rings. The van der Waals surface area contributed by atoms with Gasteiger partial charge in [0.25, 0.3) is 0 Å². The van der Waals surface area contributed by atoms with E-state index in [2.05, 4.69) is 23.7 Å². The van der Waals surface area contributed by atoms with E-state index < -0.39 is 0 Å². The monoisotopic (exact) mass is 236 g/mol. The molecule has 0 saturated heterocycles. The summed E-state index contributed by atoms with van der Waals surface area (Å²) < 4.78 is 12.8. The maximum Gasteiger partial charge on any atom is 0.125 e. The van der Waals surface area contributed by atoms with Crippen molar-refractivity contribution in [1.82, 2.24) is 0 Å². The van der Waals surface area contributed by atoms with E-state index in [9.17, 15) is 4.39 Å². The average molecular weight is 236 g/mol. The van der Waals surface area contributed by atoms with Crippen LogP contribution in [0.15, 0.2) is 29.6 Å². The van der Waals surface area contributed by atoms with E-state index in [1.165, 1.54) is 22.6 Å². The lowest BCUT2D eigenvalue weighted by Gasteiger charge is -2.08. The molecule has 16 heavy (non-hydrogen) atoms. The fraction of sp³-hybridized carbons (Fsp3) is 0.167. The highest BCUT2D eigenvalue weighted by atomic mass is 32.1. The SMILES string of the molecule is Cc1ccsc1CNc1ccc(F)cc1N. The van der Waals surface area contributed by atoms with Crippen LogP contribution in [0.2, 0.25) is 0 Å². The van der Waals surface area contributed by atoms with Gasteiger partial charge in [0.15, 0.2) is 0 Å². The fourth-order valence-corrected chi connectivity index (χ4v) is 2.30. The molecule has 0 unspecified atom stereocenters. The summed E-state index contributed by atoms with van der Waals surface area (Å²) in [4.78, 5) is 1.27. The Bertz CT molecular complexity index is 494. The maximum absolute atomic E-state index is 12.8. The number of nitrogen functional groups attached to an aromatic ring is 1. The molecule has 0 radical (unpaired) electrons. The highest BCUT2D eigenvalue weighted by Gasteiger charge is 2.02. The third-order valence-electron chi connectivity index (χ3n) is 2.42. The molecular formula is C12H13FN2S. The van der Waals surface area contributed by atoms with Gasteiger partial charge in [0, 0.05) is 11.4 Å². The van der Waals surface area contributed by atoms with Gasteiger partial charge in [-0.05, 0) is 42.1 Å². The molecule has 0 spiro atoms. The summed E-state index contributed by atoms with van der Waals surface area (Å²) in [6.07, 6.45) is 0. The largest absolute Gasteiger partial charge is 0.397 e. The Labute approximate surface area is 97.9 Å². The predicted molar refractivity (Wildman–Crippen MR) is 67.2 cm³/mol. The van der Waals surface area contributed by atoms with Crippen LogP contribution in [0.1, 0.15) is 10.4 Å². The standard InChI is InChI=1S/C12H13FN2S/c1-8-4-5-16-12(8)7-15-11-3-2-9(13)6-10(11)14/h2-6,15H,7,14H2,1H3. The number of aryl methyl sites for hydroxylation is 1. The van der Waals surface area contributed by atoms with Crippen molar-refractivity contribution in [3.8, 4) is 0 Å². The molecule has 1 aromatic heterocycles. The molecule has 0 aliphatic carbocycles. The van der Waals surface area contributed by atoms with Crippen LogP contribution in [-0.2, 0) is 6.54 Å². The molecule has 0 aliphatic rings. The third kappa shape index (κ3) is 2.33. The Morgan fingerprint density at radius 1 is 1.38 bits per heavy atom. The zero-order valence-corrected chi connectivity index (χ0v) is 9.77. The van der Waals surface area contributed by atoms with Crippen LogP contribution in [0.5, 0.6) is 0 Å². The quantitative estimate of drug-likeness (QED) is 0.802. The van der Waals surface area contributed by atoms with Crippen LogP contribution >= 0.6 is 11.3 Å². The van der Waals surface area contributed by atoms with E-state index in [1.54, 1.807) is 17.4 Å². The van der Waals surface area contributed by atoms with Crippen LogP contribution in [0.25, 0.3) is 0 Å². The van der Waals surface area contributed by atoms with Gasteiger partial charge in [-0.25, -0.2) is 4.39 Å². The van der Waals surface area contributed by atoms with Gasteiger partial charge in [-0.1, -0.05) is 0 Å². The molecule has 0 aliphatic heterocycles. The van der Waals surface area contributed by atoms with Crippen molar-refractivity contribution in [2.75, 3.05) is 11.1 Å². The highest BCUT2D eigenvalue weighted by Crippen LogP contribution is 2.22. The third-order valence-corrected chi connectivity index (χ3v) is 3.44. The lowest BCUT2D eigenvalue weighted by Crippen LogP contribution is -2.02. The molecular weight excluding hydrogens is 223 g/mol. The predicted octanol–water partition coefficient (Wildman–Crippen LogP) is 3.39. The molecule has 3 N–H and O–H groups in total. The van der Waals surface area contributed by atoms with E-state index in [-0.39, 0.29) is 5.82 Å². The molecule has 2 rings (SSSR count). The maximum atomic E-state index is 12.8. The minimum atomic E-state index is -0.310. The summed E-state index contributed by atoms with van der Waals surface area (Å²) in [7, 11) is 0. The number of nitrogens with two attached hydrogens (primary N) is 1. The number of hydrogen-bond acceptors (Lipinski definition) is 3. The van der Waals surface area contributed by atoms with Gasteiger partial charge in [0.2, 0.25) is 0 Å². The minimum Gasteiger partial charge on any atom is -0.397 e. The van der Waals surface area contributed by atoms with E-state index in [0.29, 0.717) is 5.69 Å². The minimum absolute atomic E-state index is 0.310. The average Bonchev–Trinajstić information content (AvgIpc) is 2.63. The van der Waals surface area contributed by atoms with Crippen LogP contribution in [0.4, 0.5) is 15.8 Å². The van der Waals surface area contributed by atoms with Gasteiger partial charge in [-0.15, -0.1) is 11.3 Å². The van der Waals surface area contributed by atoms with E-state index in [4.69, 9.17) is 5.73 Å².